The number of H-pyrrole nitrogens is 1. The van der Waals surface area contributed by atoms with Crippen LogP contribution < -0.4 is 5.32 Å². The van der Waals surface area contributed by atoms with Crippen LogP contribution in [0, 0.1) is 0 Å². The van der Waals surface area contributed by atoms with E-state index in [0.717, 1.165) is 60.3 Å². The minimum absolute atomic E-state index is 0. The lowest BCUT2D eigenvalue weighted by Gasteiger charge is -2.06. The fraction of sp³-hybridized carbons (Fsp3) is 0.318. The highest BCUT2D eigenvalue weighted by Crippen LogP contribution is 2.20. The van der Waals surface area contributed by atoms with Crippen molar-refractivity contribution in [3.8, 4) is 0 Å². The van der Waals surface area contributed by atoms with E-state index in [4.69, 9.17) is 11.6 Å². The minimum Gasteiger partial charge on any atom is -0.360 e. The number of halogens is 2. The van der Waals surface area contributed by atoms with Gasteiger partial charge in [-0.2, -0.15) is 0 Å². The van der Waals surface area contributed by atoms with Gasteiger partial charge in [-0.1, -0.05) is 54.4 Å². The molecule has 0 amide bonds. The van der Waals surface area contributed by atoms with E-state index < -0.39 is 0 Å². The lowest BCUT2D eigenvalue weighted by Crippen LogP contribution is -2.18. The van der Waals surface area contributed by atoms with Crippen LogP contribution in [0.3, 0.4) is 0 Å². The largest absolute Gasteiger partial charge is 0.360 e. The third-order valence-electron chi connectivity index (χ3n) is 4.68. The highest BCUT2D eigenvalue weighted by Gasteiger charge is 2.10. The van der Waals surface area contributed by atoms with Gasteiger partial charge < -0.3 is 10.3 Å². The molecule has 0 aliphatic heterocycles. The number of unbranched alkanes of at least 4 members (excludes halogenated alkanes) is 2. The van der Waals surface area contributed by atoms with Crippen molar-refractivity contribution < 1.29 is 4.79 Å². The molecule has 0 saturated carbocycles. The van der Waals surface area contributed by atoms with Crippen molar-refractivity contribution in [3.63, 3.8) is 0 Å². The van der Waals surface area contributed by atoms with Crippen LogP contribution in [0.25, 0.3) is 10.9 Å². The zero-order valence-electron chi connectivity index (χ0n) is 15.3. The van der Waals surface area contributed by atoms with Crippen molar-refractivity contribution in [1.29, 1.82) is 0 Å². The normalized spacial score (nSPS) is 10.7. The molecule has 0 unspecified atom stereocenters. The van der Waals surface area contributed by atoms with Gasteiger partial charge in [0.15, 0.2) is 5.78 Å². The Kier molecular flexibility index (Phi) is 8.86. The average Bonchev–Trinajstić information content (AvgIpc) is 3.09. The molecule has 0 bridgehead atoms. The Morgan fingerprint density at radius 1 is 0.963 bits per heavy atom. The van der Waals surface area contributed by atoms with Crippen LogP contribution in [0.1, 0.15) is 41.6 Å². The highest BCUT2D eigenvalue weighted by molar-refractivity contribution is 6.31. The summed E-state index contributed by atoms with van der Waals surface area (Å²) in [4.78, 5) is 15.6. The van der Waals surface area contributed by atoms with Gasteiger partial charge >= 0.3 is 0 Å². The summed E-state index contributed by atoms with van der Waals surface area (Å²) in [6.07, 6.45) is 6.48. The second-order valence-electron chi connectivity index (χ2n) is 6.57. The molecule has 0 saturated heterocycles. The summed E-state index contributed by atoms with van der Waals surface area (Å²) >= 11 is 6.15. The molecule has 0 radical (unpaired) electrons. The average molecular weight is 405 g/mol. The third kappa shape index (κ3) is 6.10. The number of carbonyl (C=O) groups is 1. The predicted octanol–water partition coefficient (Wildman–Crippen LogP) is 5.82. The first kappa shape index (κ1) is 21.5. The summed E-state index contributed by atoms with van der Waals surface area (Å²) in [6, 6.07) is 15.9. The Bertz CT molecular complexity index is 860. The summed E-state index contributed by atoms with van der Waals surface area (Å²) in [7, 11) is 0. The first-order valence-corrected chi connectivity index (χ1v) is 9.67. The second-order valence-corrected chi connectivity index (χ2v) is 6.98. The molecular formula is C22H26Cl2N2O. The highest BCUT2D eigenvalue weighted by atomic mass is 35.5. The SMILES string of the molecule is Cl.O=C(CCCCCNCCc1ccccc1Cl)c1c[nH]c2ccccc12. The van der Waals surface area contributed by atoms with E-state index in [0.29, 0.717) is 6.42 Å². The summed E-state index contributed by atoms with van der Waals surface area (Å²) in [6.45, 7) is 1.91. The van der Waals surface area contributed by atoms with Gasteiger partial charge in [-0.15, -0.1) is 12.4 Å². The van der Waals surface area contributed by atoms with Crippen LogP contribution in [0.2, 0.25) is 5.02 Å². The number of rotatable bonds is 10. The maximum Gasteiger partial charge on any atom is 0.165 e. The van der Waals surface area contributed by atoms with Crippen LogP contribution in [-0.2, 0) is 6.42 Å². The fourth-order valence-electron chi connectivity index (χ4n) is 3.20. The van der Waals surface area contributed by atoms with Crippen molar-refractivity contribution in [3.05, 3.63) is 70.9 Å². The number of aromatic amines is 1. The van der Waals surface area contributed by atoms with E-state index in [1.54, 1.807) is 0 Å². The van der Waals surface area contributed by atoms with E-state index in [-0.39, 0.29) is 18.2 Å². The number of para-hydroxylation sites is 1. The molecule has 3 rings (SSSR count). The lowest BCUT2D eigenvalue weighted by atomic mass is 10.0. The van der Waals surface area contributed by atoms with Gasteiger partial charge in [0.2, 0.25) is 0 Å². The molecule has 27 heavy (non-hydrogen) atoms. The number of benzene rings is 2. The van der Waals surface area contributed by atoms with Crippen molar-refractivity contribution >= 4 is 40.7 Å². The van der Waals surface area contributed by atoms with Crippen molar-refractivity contribution in [2.24, 2.45) is 0 Å². The van der Waals surface area contributed by atoms with E-state index >= 15 is 0 Å². The Labute approximate surface area is 171 Å². The first-order valence-electron chi connectivity index (χ1n) is 9.29. The molecule has 5 heteroatoms. The topological polar surface area (TPSA) is 44.9 Å². The van der Waals surface area contributed by atoms with E-state index in [9.17, 15) is 4.79 Å². The minimum atomic E-state index is 0. The number of ketones is 1. The third-order valence-corrected chi connectivity index (χ3v) is 5.04. The molecule has 0 atom stereocenters. The number of fused-ring (bicyclic) bond motifs is 1. The van der Waals surface area contributed by atoms with E-state index in [1.807, 2.05) is 48.7 Å². The number of hydrogen-bond donors (Lipinski definition) is 2. The molecule has 3 aromatic rings. The number of nitrogens with one attached hydrogen (secondary N) is 2. The van der Waals surface area contributed by atoms with Gasteiger partial charge in [-0.25, -0.2) is 0 Å². The van der Waals surface area contributed by atoms with Gasteiger partial charge in [0.1, 0.15) is 0 Å². The predicted molar refractivity (Wildman–Crippen MR) is 116 cm³/mol. The Morgan fingerprint density at radius 2 is 1.74 bits per heavy atom. The smallest absolute Gasteiger partial charge is 0.165 e. The molecular weight excluding hydrogens is 379 g/mol. The molecule has 2 aromatic carbocycles. The van der Waals surface area contributed by atoms with Gasteiger partial charge in [-0.05, 0) is 50.0 Å². The van der Waals surface area contributed by atoms with Crippen LogP contribution in [-0.4, -0.2) is 23.9 Å². The summed E-state index contributed by atoms with van der Waals surface area (Å²) in [5, 5.41) is 5.32. The quantitative estimate of drug-likeness (QED) is 0.330. The maximum absolute atomic E-state index is 12.4. The van der Waals surface area contributed by atoms with Crippen LogP contribution >= 0.6 is 24.0 Å². The van der Waals surface area contributed by atoms with Crippen LogP contribution in [0.5, 0.6) is 0 Å². The Hall–Kier alpha value is -1.81. The number of carbonyl (C=O) groups excluding carboxylic acids is 1. The zero-order valence-corrected chi connectivity index (χ0v) is 16.9. The second kappa shape index (κ2) is 11.1. The van der Waals surface area contributed by atoms with Crippen LogP contribution in [0.4, 0.5) is 0 Å². The first-order chi connectivity index (χ1) is 12.8. The standard InChI is InChI=1S/C22H25ClN2O.ClH/c23-20-10-5-3-8-17(20)13-15-24-14-7-1-2-12-22(26)19-16-25-21-11-6-4-9-18(19)21;/h3-6,8-11,16,24-25H,1-2,7,12-15H2;1H. The van der Waals surface area contributed by atoms with E-state index in [1.165, 1.54) is 5.56 Å². The Balaban J connectivity index is 0.00000261. The number of hydrogen-bond acceptors (Lipinski definition) is 2. The van der Waals surface area contributed by atoms with Crippen molar-refractivity contribution in [2.45, 2.75) is 32.1 Å². The van der Waals surface area contributed by atoms with Crippen LogP contribution in [0.15, 0.2) is 54.7 Å². The van der Waals surface area contributed by atoms with Gasteiger partial charge in [-0.3, -0.25) is 4.79 Å². The molecule has 2 N–H and O–H groups in total. The molecule has 144 valence electrons. The number of aromatic nitrogens is 1. The molecule has 0 aliphatic rings. The van der Waals surface area contributed by atoms with Gasteiger partial charge in [0, 0.05) is 34.1 Å². The zero-order chi connectivity index (χ0) is 18.2. The molecule has 1 aromatic heterocycles. The van der Waals surface area contributed by atoms with Crippen molar-refractivity contribution in [2.75, 3.05) is 13.1 Å². The van der Waals surface area contributed by atoms with Crippen molar-refractivity contribution in [1.82, 2.24) is 10.3 Å². The molecule has 3 nitrogen and oxygen atoms in total. The molecule has 0 spiro atoms. The summed E-state index contributed by atoms with van der Waals surface area (Å²) < 4.78 is 0. The summed E-state index contributed by atoms with van der Waals surface area (Å²) in [5.41, 5.74) is 3.03. The summed E-state index contributed by atoms with van der Waals surface area (Å²) in [5.74, 6) is 0.231. The maximum atomic E-state index is 12.4. The fourth-order valence-corrected chi connectivity index (χ4v) is 3.43. The van der Waals surface area contributed by atoms with E-state index in [2.05, 4.69) is 16.4 Å². The Morgan fingerprint density at radius 3 is 2.59 bits per heavy atom. The number of Topliss-reactive ketones (excluding diaryl/α,β-unsaturated/α-hetero) is 1. The monoisotopic (exact) mass is 404 g/mol. The van der Waals surface area contributed by atoms with Gasteiger partial charge in [0.25, 0.3) is 0 Å². The lowest BCUT2D eigenvalue weighted by molar-refractivity contribution is 0.0981. The molecule has 0 fully saturated rings. The molecule has 1 heterocycles. The van der Waals surface area contributed by atoms with Gasteiger partial charge in [0.05, 0.1) is 0 Å². The molecule has 0 aliphatic carbocycles.